The van der Waals surface area contributed by atoms with Crippen LogP contribution in [-0.4, -0.2) is 44.2 Å². The highest BCUT2D eigenvalue weighted by molar-refractivity contribution is 9.11. The summed E-state index contributed by atoms with van der Waals surface area (Å²) < 4.78 is 7.80. The van der Waals surface area contributed by atoms with Crippen molar-refractivity contribution in [2.75, 3.05) is 39.3 Å². The molecule has 0 amide bonds. The number of piperazine rings is 1. The number of hydrogen-bond acceptors (Lipinski definition) is 3. The third kappa shape index (κ3) is 3.95. The van der Waals surface area contributed by atoms with Crippen LogP contribution >= 0.6 is 31.9 Å². The lowest BCUT2D eigenvalue weighted by molar-refractivity contribution is 0.190. The van der Waals surface area contributed by atoms with Crippen molar-refractivity contribution in [3.8, 4) is 5.75 Å². The molecular formula is C12H16Br2N2O. The first-order chi connectivity index (χ1) is 8.27. The second-order valence-corrected chi connectivity index (χ2v) is 5.70. The number of rotatable bonds is 4. The van der Waals surface area contributed by atoms with Crippen LogP contribution in [0.1, 0.15) is 0 Å². The van der Waals surface area contributed by atoms with Crippen LogP contribution in [0.4, 0.5) is 0 Å². The summed E-state index contributed by atoms with van der Waals surface area (Å²) in [5, 5.41) is 3.34. The Morgan fingerprint density at radius 3 is 2.47 bits per heavy atom. The molecule has 1 aromatic rings. The molecule has 1 aliphatic heterocycles. The van der Waals surface area contributed by atoms with E-state index in [9.17, 15) is 0 Å². The number of para-hydroxylation sites is 1. The Morgan fingerprint density at radius 2 is 1.82 bits per heavy atom. The van der Waals surface area contributed by atoms with Crippen LogP contribution in [0.2, 0.25) is 0 Å². The van der Waals surface area contributed by atoms with E-state index in [4.69, 9.17) is 4.74 Å². The lowest BCUT2D eigenvalue weighted by atomic mass is 10.3. The molecule has 0 aromatic heterocycles. The van der Waals surface area contributed by atoms with Crippen LogP contribution < -0.4 is 10.1 Å². The van der Waals surface area contributed by atoms with Gasteiger partial charge in [-0.05, 0) is 44.0 Å². The first-order valence-corrected chi connectivity index (χ1v) is 7.36. The van der Waals surface area contributed by atoms with Crippen LogP contribution in [-0.2, 0) is 0 Å². The summed E-state index contributed by atoms with van der Waals surface area (Å²) in [5.41, 5.74) is 0. The Hall–Kier alpha value is -0.100. The standard InChI is InChI=1S/C12H16Br2N2O/c13-10-2-1-3-11(14)12(10)17-9-8-16-6-4-15-5-7-16/h1-3,15H,4-9H2. The van der Waals surface area contributed by atoms with E-state index in [1.807, 2.05) is 18.2 Å². The van der Waals surface area contributed by atoms with Gasteiger partial charge >= 0.3 is 0 Å². The normalized spacial score (nSPS) is 17.1. The zero-order chi connectivity index (χ0) is 12.1. The minimum Gasteiger partial charge on any atom is -0.490 e. The molecule has 0 atom stereocenters. The molecule has 3 nitrogen and oxygen atoms in total. The Balaban J connectivity index is 1.81. The van der Waals surface area contributed by atoms with E-state index in [1.54, 1.807) is 0 Å². The molecule has 0 spiro atoms. The van der Waals surface area contributed by atoms with E-state index in [1.165, 1.54) is 0 Å². The highest BCUT2D eigenvalue weighted by atomic mass is 79.9. The van der Waals surface area contributed by atoms with E-state index in [2.05, 4.69) is 42.1 Å². The topological polar surface area (TPSA) is 24.5 Å². The van der Waals surface area contributed by atoms with Gasteiger partial charge in [0.15, 0.2) is 0 Å². The van der Waals surface area contributed by atoms with E-state index in [-0.39, 0.29) is 0 Å². The molecule has 0 saturated carbocycles. The molecule has 1 saturated heterocycles. The van der Waals surface area contributed by atoms with Gasteiger partial charge in [0.05, 0.1) is 8.95 Å². The van der Waals surface area contributed by atoms with Gasteiger partial charge in [-0.3, -0.25) is 4.90 Å². The lowest BCUT2D eigenvalue weighted by Gasteiger charge is -2.27. The molecular weight excluding hydrogens is 348 g/mol. The molecule has 1 heterocycles. The number of ether oxygens (including phenoxy) is 1. The molecule has 0 unspecified atom stereocenters. The highest BCUT2D eigenvalue weighted by Gasteiger charge is 2.10. The third-order valence-corrected chi connectivity index (χ3v) is 4.03. The van der Waals surface area contributed by atoms with Crippen LogP contribution in [0.3, 0.4) is 0 Å². The van der Waals surface area contributed by atoms with E-state index < -0.39 is 0 Å². The highest BCUT2D eigenvalue weighted by Crippen LogP contribution is 2.32. The van der Waals surface area contributed by atoms with Gasteiger partial charge in [-0.1, -0.05) is 6.07 Å². The summed E-state index contributed by atoms with van der Waals surface area (Å²) in [5.74, 6) is 0.891. The summed E-state index contributed by atoms with van der Waals surface area (Å²) in [6.45, 7) is 6.09. The Morgan fingerprint density at radius 1 is 1.18 bits per heavy atom. The number of halogens is 2. The maximum Gasteiger partial charge on any atom is 0.147 e. The fourth-order valence-corrected chi connectivity index (χ4v) is 3.06. The van der Waals surface area contributed by atoms with Crippen molar-refractivity contribution in [1.82, 2.24) is 10.2 Å². The fraction of sp³-hybridized carbons (Fsp3) is 0.500. The maximum atomic E-state index is 5.81. The van der Waals surface area contributed by atoms with Crippen LogP contribution in [0, 0.1) is 0 Å². The predicted molar refractivity (Wildman–Crippen MR) is 76.6 cm³/mol. The van der Waals surface area contributed by atoms with E-state index >= 15 is 0 Å². The predicted octanol–water partition coefficient (Wildman–Crippen LogP) is 2.50. The van der Waals surface area contributed by atoms with Gasteiger partial charge < -0.3 is 10.1 Å². The summed E-state index contributed by atoms with van der Waals surface area (Å²) in [4.78, 5) is 2.42. The van der Waals surface area contributed by atoms with Crippen molar-refractivity contribution in [3.05, 3.63) is 27.1 Å². The molecule has 0 aliphatic carbocycles. The largest absolute Gasteiger partial charge is 0.490 e. The van der Waals surface area contributed by atoms with Crippen LogP contribution in [0.15, 0.2) is 27.1 Å². The van der Waals surface area contributed by atoms with E-state index in [0.717, 1.165) is 54.0 Å². The Kier molecular flexibility index (Phi) is 5.28. The zero-order valence-corrected chi connectivity index (χ0v) is 12.8. The molecule has 0 radical (unpaired) electrons. The van der Waals surface area contributed by atoms with Gasteiger partial charge in [0.1, 0.15) is 12.4 Å². The summed E-state index contributed by atoms with van der Waals surface area (Å²) in [7, 11) is 0. The molecule has 94 valence electrons. The Bertz CT molecular complexity index is 347. The monoisotopic (exact) mass is 362 g/mol. The van der Waals surface area contributed by atoms with Gasteiger partial charge in [0.25, 0.3) is 0 Å². The first-order valence-electron chi connectivity index (χ1n) is 5.77. The van der Waals surface area contributed by atoms with Gasteiger partial charge in [-0.2, -0.15) is 0 Å². The molecule has 1 N–H and O–H groups in total. The second kappa shape index (κ2) is 6.73. The number of nitrogens with zero attached hydrogens (tertiary/aromatic N) is 1. The van der Waals surface area contributed by atoms with Gasteiger partial charge in [0, 0.05) is 32.7 Å². The third-order valence-electron chi connectivity index (χ3n) is 2.78. The van der Waals surface area contributed by atoms with Gasteiger partial charge in [-0.25, -0.2) is 0 Å². The first kappa shape index (κ1) is 13.3. The molecule has 2 rings (SSSR count). The zero-order valence-electron chi connectivity index (χ0n) is 9.59. The molecule has 1 aromatic carbocycles. The minimum atomic E-state index is 0.723. The molecule has 0 bridgehead atoms. The summed E-state index contributed by atoms with van der Waals surface area (Å²) in [6, 6.07) is 5.97. The second-order valence-electron chi connectivity index (χ2n) is 3.99. The van der Waals surface area contributed by atoms with Crippen molar-refractivity contribution in [3.63, 3.8) is 0 Å². The van der Waals surface area contributed by atoms with Crippen molar-refractivity contribution in [2.24, 2.45) is 0 Å². The molecule has 1 aliphatic rings. The molecule has 5 heteroatoms. The number of benzene rings is 1. The van der Waals surface area contributed by atoms with Crippen LogP contribution in [0.25, 0.3) is 0 Å². The maximum absolute atomic E-state index is 5.81. The Labute approximate surface area is 119 Å². The van der Waals surface area contributed by atoms with Gasteiger partial charge in [0.2, 0.25) is 0 Å². The lowest BCUT2D eigenvalue weighted by Crippen LogP contribution is -2.44. The molecule has 1 fully saturated rings. The summed E-state index contributed by atoms with van der Waals surface area (Å²) >= 11 is 6.99. The average Bonchev–Trinajstić information content (AvgIpc) is 2.34. The quantitative estimate of drug-likeness (QED) is 0.889. The molecule has 17 heavy (non-hydrogen) atoms. The smallest absolute Gasteiger partial charge is 0.147 e. The van der Waals surface area contributed by atoms with Crippen molar-refractivity contribution in [1.29, 1.82) is 0 Å². The van der Waals surface area contributed by atoms with E-state index in [0.29, 0.717) is 0 Å². The van der Waals surface area contributed by atoms with Crippen molar-refractivity contribution < 1.29 is 4.74 Å². The number of hydrogen-bond donors (Lipinski definition) is 1. The van der Waals surface area contributed by atoms with Crippen LogP contribution in [0.5, 0.6) is 5.75 Å². The minimum absolute atomic E-state index is 0.723. The fourth-order valence-electron chi connectivity index (χ4n) is 1.83. The number of nitrogens with one attached hydrogen (secondary N) is 1. The SMILES string of the molecule is Brc1cccc(Br)c1OCCN1CCNCC1. The average molecular weight is 364 g/mol. The summed E-state index contributed by atoms with van der Waals surface area (Å²) in [6.07, 6.45) is 0. The van der Waals surface area contributed by atoms with Crippen molar-refractivity contribution in [2.45, 2.75) is 0 Å². The van der Waals surface area contributed by atoms with Gasteiger partial charge in [-0.15, -0.1) is 0 Å². The van der Waals surface area contributed by atoms with Crippen molar-refractivity contribution >= 4 is 31.9 Å².